The van der Waals surface area contributed by atoms with Gasteiger partial charge in [0.25, 0.3) is 5.91 Å². The van der Waals surface area contributed by atoms with E-state index in [1.54, 1.807) is 10.9 Å². The van der Waals surface area contributed by atoms with Crippen molar-refractivity contribution in [3.8, 4) is 0 Å². The largest absolute Gasteiger partial charge is 0.478 e. The highest BCUT2D eigenvalue weighted by Crippen LogP contribution is 2.20. The molecule has 0 fully saturated rings. The van der Waals surface area contributed by atoms with E-state index in [4.69, 9.17) is 10.8 Å². The molecule has 92 valence electrons. The molecule has 0 unspecified atom stereocenters. The lowest BCUT2D eigenvalue weighted by atomic mass is 10.1. The molecule has 0 aliphatic heterocycles. The number of nitrogens with one attached hydrogen (secondary N) is 1. The molecule has 6 nitrogen and oxygen atoms in total. The number of nitrogens with zero attached hydrogens (tertiary/aromatic N) is 1. The van der Waals surface area contributed by atoms with Gasteiger partial charge >= 0.3 is 5.97 Å². The fraction of sp³-hybridized carbons (Fsp3) is 0. The van der Waals surface area contributed by atoms with E-state index in [0.717, 1.165) is 0 Å². The van der Waals surface area contributed by atoms with Gasteiger partial charge in [0.05, 0.1) is 22.4 Å². The number of nitrogen functional groups attached to an aromatic ring is 1. The highest BCUT2D eigenvalue weighted by atomic mass is 32.1. The van der Waals surface area contributed by atoms with Crippen LogP contribution in [-0.2, 0) is 0 Å². The maximum atomic E-state index is 11.7. The molecule has 0 saturated heterocycles. The molecule has 0 spiro atoms. The number of thiazole rings is 1. The van der Waals surface area contributed by atoms with Crippen LogP contribution in [0.2, 0.25) is 0 Å². The van der Waals surface area contributed by atoms with E-state index in [1.807, 2.05) is 0 Å². The summed E-state index contributed by atoms with van der Waals surface area (Å²) in [5.74, 6) is -1.45. The second-order valence-electron chi connectivity index (χ2n) is 3.43. The Balaban J connectivity index is 2.20. The summed E-state index contributed by atoms with van der Waals surface area (Å²) in [5, 5.41) is 13.0. The SMILES string of the molecule is Nc1cc(C(=O)O)ccc1NC(=O)c1cscn1. The van der Waals surface area contributed by atoms with Crippen molar-refractivity contribution < 1.29 is 14.7 Å². The van der Waals surface area contributed by atoms with Crippen molar-refractivity contribution in [1.29, 1.82) is 0 Å². The minimum Gasteiger partial charge on any atom is -0.478 e. The van der Waals surface area contributed by atoms with Gasteiger partial charge in [0.1, 0.15) is 5.69 Å². The molecule has 0 saturated carbocycles. The van der Waals surface area contributed by atoms with Gasteiger partial charge in [-0.3, -0.25) is 4.79 Å². The van der Waals surface area contributed by atoms with Crippen LogP contribution >= 0.6 is 11.3 Å². The highest BCUT2D eigenvalue weighted by Gasteiger charge is 2.11. The monoisotopic (exact) mass is 263 g/mol. The number of carbonyl (C=O) groups excluding carboxylic acids is 1. The number of hydrogen-bond acceptors (Lipinski definition) is 5. The summed E-state index contributed by atoms with van der Waals surface area (Å²) in [6.45, 7) is 0. The molecule has 7 heteroatoms. The summed E-state index contributed by atoms with van der Waals surface area (Å²) in [5.41, 5.74) is 8.13. The van der Waals surface area contributed by atoms with Gasteiger partial charge < -0.3 is 16.2 Å². The second kappa shape index (κ2) is 4.84. The average Bonchev–Trinajstić information content (AvgIpc) is 2.85. The number of carbonyl (C=O) groups is 2. The number of rotatable bonds is 3. The summed E-state index contributed by atoms with van der Waals surface area (Å²) >= 11 is 1.31. The zero-order valence-electron chi connectivity index (χ0n) is 9.08. The summed E-state index contributed by atoms with van der Waals surface area (Å²) in [6.07, 6.45) is 0. The fourth-order valence-corrected chi connectivity index (χ4v) is 1.85. The number of aromatic carboxylic acids is 1. The number of carboxylic acids is 1. The van der Waals surface area contributed by atoms with Crippen molar-refractivity contribution in [2.24, 2.45) is 0 Å². The predicted octanol–water partition coefficient (Wildman–Crippen LogP) is 1.68. The van der Waals surface area contributed by atoms with Crippen molar-refractivity contribution >= 4 is 34.6 Å². The Hall–Kier alpha value is -2.41. The van der Waals surface area contributed by atoms with E-state index in [0.29, 0.717) is 11.4 Å². The quantitative estimate of drug-likeness (QED) is 0.730. The number of nitrogens with two attached hydrogens (primary N) is 1. The molecule has 2 rings (SSSR count). The number of carboxylic acid groups (broad SMARTS) is 1. The third-order valence-corrected chi connectivity index (χ3v) is 2.80. The first-order valence-corrected chi connectivity index (χ1v) is 5.84. The normalized spacial score (nSPS) is 10.0. The topological polar surface area (TPSA) is 105 Å². The maximum Gasteiger partial charge on any atom is 0.335 e. The molecule has 1 aromatic heterocycles. The van der Waals surface area contributed by atoms with E-state index in [1.165, 1.54) is 29.5 Å². The molecule has 0 aliphatic carbocycles. The van der Waals surface area contributed by atoms with Gasteiger partial charge in [-0.25, -0.2) is 9.78 Å². The standard InChI is InChI=1S/C11H9N3O3S/c12-7-3-6(11(16)17)1-2-8(7)14-10(15)9-4-18-5-13-9/h1-5H,12H2,(H,14,15)(H,16,17). The van der Waals surface area contributed by atoms with E-state index < -0.39 is 5.97 Å². The van der Waals surface area contributed by atoms with Crippen molar-refractivity contribution in [3.05, 3.63) is 40.3 Å². The van der Waals surface area contributed by atoms with Crippen molar-refractivity contribution in [2.45, 2.75) is 0 Å². The van der Waals surface area contributed by atoms with Crippen molar-refractivity contribution in [2.75, 3.05) is 11.1 Å². The van der Waals surface area contributed by atoms with Crippen LogP contribution in [0.3, 0.4) is 0 Å². The first kappa shape index (κ1) is 12.1. The molecule has 0 aliphatic rings. The smallest absolute Gasteiger partial charge is 0.335 e. The lowest BCUT2D eigenvalue weighted by molar-refractivity contribution is 0.0697. The number of aromatic nitrogens is 1. The van der Waals surface area contributed by atoms with Crippen LogP contribution in [0.1, 0.15) is 20.8 Å². The van der Waals surface area contributed by atoms with E-state index in [9.17, 15) is 9.59 Å². The highest BCUT2D eigenvalue weighted by molar-refractivity contribution is 7.07. The van der Waals surface area contributed by atoms with Crippen LogP contribution in [0.5, 0.6) is 0 Å². The van der Waals surface area contributed by atoms with Crippen molar-refractivity contribution in [1.82, 2.24) is 4.98 Å². The van der Waals surface area contributed by atoms with Crippen LogP contribution < -0.4 is 11.1 Å². The number of hydrogen-bond donors (Lipinski definition) is 3. The average molecular weight is 263 g/mol. The van der Waals surface area contributed by atoms with Gasteiger partial charge in [-0.05, 0) is 18.2 Å². The molecule has 18 heavy (non-hydrogen) atoms. The molecule has 1 aromatic carbocycles. The third kappa shape index (κ3) is 2.46. The molecule has 0 atom stereocenters. The summed E-state index contributed by atoms with van der Waals surface area (Å²) in [6, 6.07) is 4.11. The van der Waals surface area contributed by atoms with E-state index in [2.05, 4.69) is 10.3 Å². The molecule has 0 radical (unpaired) electrons. The van der Waals surface area contributed by atoms with Gasteiger partial charge in [0, 0.05) is 5.38 Å². The minimum atomic E-state index is -1.07. The maximum absolute atomic E-state index is 11.7. The Kier molecular flexibility index (Phi) is 3.24. The van der Waals surface area contributed by atoms with Crippen LogP contribution in [0.25, 0.3) is 0 Å². The molecule has 4 N–H and O–H groups in total. The molecule has 1 amide bonds. The number of amides is 1. The lowest BCUT2D eigenvalue weighted by Gasteiger charge is -2.07. The van der Waals surface area contributed by atoms with Gasteiger partial charge in [0.2, 0.25) is 0 Å². The summed E-state index contributed by atoms with van der Waals surface area (Å²) in [4.78, 5) is 26.3. The first-order chi connectivity index (χ1) is 8.58. The van der Waals surface area contributed by atoms with Crippen LogP contribution in [0, 0.1) is 0 Å². The van der Waals surface area contributed by atoms with E-state index in [-0.39, 0.29) is 17.2 Å². The lowest BCUT2D eigenvalue weighted by Crippen LogP contribution is -2.13. The Labute approximate surface area is 106 Å². The number of anilines is 2. The molecule has 0 bridgehead atoms. The predicted molar refractivity (Wildman–Crippen MR) is 67.9 cm³/mol. The molecular formula is C11H9N3O3S. The van der Waals surface area contributed by atoms with Gasteiger partial charge in [-0.15, -0.1) is 11.3 Å². The van der Waals surface area contributed by atoms with Gasteiger partial charge in [-0.1, -0.05) is 0 Å². The summed E-state index contributed by atoms with van der Waals surface area (Å²) in [7, 11) is 0. The fourth-order valence-electron chi connectivity index (χ4n) is 1.32. The van der Waals surface area contributed by atoms with Gasteiger partial charge in [-0.2, -0.15) is 0 Å². The van der Waals surface area contributed by atoms with Gasteiger partial charge in [0.15, 0.2) is 0 Å². The summed E-state index contributed by atoms with van der Waals surface area (Å²) < 4.78 is 0. The number of benzene rings is 1. The third-order valence-electron chi connectivity index (χ3n) is 2.21. The van der Waals surface area contributed by atoms with Crippen LogP contribution in [-0.4, -0.2) is 22.0 Å². The van der Waals surface area contributed by atoms with Crippen LogP contribution in [0.15, 0.2) is 29.1 Å². The molecular weight excluding hydrogens is 254 g/mol. The minimum absolute atomic E-state index is 0.0687. The molecule has 2 aromatic rings. The van der Waals surface area contributed by atoms with E-state index >= 15 is 0 Å². The first-order valence-electron chi connectivity index (χ1n) is 4.90. The van der Waals surface area contributed by atoms with Crippen molar-refractivity contribution in [3.63, 3.8) is 0 Å². The zero-order valence-corrected chi connectivity index (χ0v) is 9.90. The van der Waals surface area contributed by atoms with Crippen LogP contribution in [0.4, 0.5) is 11.4 Å². The second-order valence-corrected chi connectivity index (χ2v) is 4.15. The zero-order chi connectivity index (χ0) is 13.1. The Bertz CT molecular complexity index is 596. The Morgan fingerprint density at radius 3 is 2.72 bits per heavy atom. The Morgan fingerprint density at radius 2 is 2.17 bits per heavy atom. The molecule has 1 heterocycles. The Morgan fingerprint density at radius 1 is 1.39 bits per heavy atom.